The molecular weight excluding hydrogens is 246 g/mol. The van der Waals surface area contributed by atoms with E-state index in [-0.39, 0.29) is 0 Å². The molecule has 1 fully saturated rings. The molecule has 114 valence electrons. The molecule has 2 atom stereocenters. The van der Waals surface area contributed by atoms with Crippen molar-refractivity contribution in [2.24, 2.45) is 11.3 Å². The number of hydrogen-bond donors (Lipinski definition) is 1. The Morgan fingerprint density at radius 3 is 2.90 bits per heavy atom. The molecule has 20 heavy (non-hydrogen) atoms. The van der Waals surface area contributed by atoms with E-state index >= 15 is 0 Å². The van der Waals surface area contributed by atoms with E-state index in [0.29, 0.717) is 11.3 Å². The highest BCUT2D eigenvalue weighted by atomic mass is 15.3. The summed E-state index contributed by atoms with van der Waals surface area (Å²) >= 11 is 0. The molecule has 0 amide bonds. The number of aromatic nitrogens is 2. The van der Waals surface area contributed by atoms with Crippen molar-refractivity contribution < 1.29 is 0 Å². The SMILES string of the molecule is CCCNCC1CCC(C)(C)CC1c1ccnn1CC. The molecule has 2 unspecified atom stereocenters. The largest absolute Gasteiger partial charge is 0.316 e. The molecule has 0 spiro atoms. The number of nitrogens with one attached hydrogen (secondary N) is 1. The van der Waals surface area contributed by atoms with Crippen LogP contribution in [0, 0.1) is 11.3 Å². The van der Waals surface area contributed by atoms with Crippen molar-refractivity contribution in [3.63, 3.8) is 0 Å². The van der Waals surface area contributed by atoms with E-state index in [9.17, 15) is 0 Å². The van der Waals surface area contributed by atoms with Crippen LogP contribution in [0.25, 0.3) is 0 Å². The zero-order chi connectivity index (χ0) is 14.6. The van der Waals surface area contributed by atoms with Crippen molar-refractivity contribution in [1.29, 1.82) is 0 Å². The summed E-state index contributed by atoms with van der Waals surface area (Å²) in [5, 5.41) is 8.12. The van der Waals surface area contributed by atoms with Crippen molar-refractivity contribution in [3.8, 4) is 0 Å². The highest BCUT2D eigenvalue weighted by Crippen LogP contribution is 2.46. The molecule has 0 bridgehead atoms. The van der Waals surface area contributed by atoms with Gasteiger partial charge in [0.25, 0.3) is 0 Å². The minimum atomic E-state index is 0.467. The van der Waals surface area contributed by atoms with Gasteiger partial charge in [-0.3, -0.25) is 4.68 Å². The van der Waals surface area contributed by atoms with E-state index in [2.05, 4.69) is 48.9 Å². The number of nitrogens with zero attached hydrogens (tertiary/aromatic N) is 2. The van der Waals surface area contributed by atoms with Crippen LogP contribution >= 0.6 is 0 Å². The molecule has 1 N–H and O–H groups in total. The monoisotopic (exact) mass is 277 g/mol. The average molecular weight is 277 g/mol. The van der Waals surface area contributed by atoms with E-state index < -0.39 is 0 Å². The third-order valence-corrected chi connectivity index (χ3v) is 4.80. The van der Waals surface area contributed by atoms with Crippen molar-refractivity contribution in [2.75, 3.05) is 13.1 Å². The third kappa shape index (κ3) is 3.63. The molecular formula is C17H31N3. The molecule has 0 aliphatic heterocycles. The molecule has 3 heteroatoms. The summed E-state index contributed by atoms with van der Waals surface area (Å²) in [5.74, 6) is 1.42. The molecule has 1 aromatic heterocycles. The Bertz CT molecular complexity index is 408. The van der Waals surface area contributed by atoms with Gasteiger partial charge in [-0.15, -0.1) is 0 Å². The first kappa shape index (κ1) is 15.6. The first-order valence-electron chi connectivity index (χ1n) is 8.30. The summed E-state index contributed by atoms with van der Waals surface area (Å²) in [6, 6.07) is 2.24. The van der Waals surface area contributed by atoms with Gasteiger partial charge in [0.1, 0.15) is 0 Å². The van der Waals surface area contributed by atoms with E-state index in [1.165, 1.54) is 31.4 Å². The number of hydrogen-bond acceptors (Lipinski definition) is 2. The van der Waals surface area contributed by atoms with Gasteiger partial charge in [-0.05, 0) is 63.1 Å². The summed E-state index contributed by atoms with van der Waals surface area (Å²) in [6.45, 7) is 12.5. The minimum absolute atomic E-state index is 0.467. The lowest BCUT2D eigenvalue weighted by Crippen LogP contribution is -2.36. The molecule has 0 radical (unpaired) electrons. The van der Waals surface area contributed by atoms with Gasteiger partial charge < -0.3 is 5.32 Å². The zero-order valence-corrected chi connectivity index (χ0v) is 13.7. The fourth-order valence-electron chi connectivity index (χ4n) is 3.62. The quantitative estimate of drug-likeness (QED) is 0.801. The van der Waals surface area contributed by atoms with Gasteiger partial charge in [0.15, 0.2) is 0 Å². The van der Waals surface area contributed by atoms with Crippen LogP contribution in [0.15, 0.2) is 12.3 Å². The number of rotatable bonds is 6. The lowest BCUT2D eigenvalue weighted by Gasteiger charge is -2.41. The molecule has 1 aromatic rings. The summed E-state index contributed by atoms with van der Waals surface area (Å²) < 4.78 is 2.19. The molecule has 3 nitrogen and oxygen atoms in total. The van der Waals surface area contributed by atoms with Crippen LogP contribution in [0.5, 0.6) is 0 Å². The Morgan fingerprint density at radius 1 is 1.40 bits per heavy atom. The Kier molecular flexibility index (Phi) is 5.25. The van der Waals surface area contributed by atoms with Crippen LogP contribution in [0.1, 0.15) is 65.0 Å². The molecule has 1 heterocycles. The van der Waals surface area contributed by atoms with Gasteiger partial charge >= 0.3 is 0 Å². The summed E-state index contributed by atoms with van der Waals surface area (Å²) in [7, 11) is 0. The maximum absolute atomic E-state index is 4.48. The predicted molar refractivity (Wildman–Crippen MR) is 84.9 cm³/mol. The molecule has 1 saturated carbocycles. The predicted octanol–water partition coefficient (Wildman–Crippen LogP) is 3.81. The highest BCUT2D eigenvalue weighted by molar-refractivity contribution is 5.12. The van der Waals surface area contributed by atoms with Crippen LogP contribution in [-0.2, 0) is 6.54 Å². The Labute approximate surface area is 124 Å². The molecule has 1 aliphatic rings. The van der Waals surface area contributed by atoms with Gasteiger partial charge in [-0.25, -0.2) is 0 Å². The maximum atomic E-state index is 4.48. The first-order chi connectivity index (χ1) is 9.57. The van der Waals surface area contributed by atoms with Crippen LogP contribution in [-0.4, -0.2) is 22.9 Å². The van der Waals surface area contributed by atoms with E-state index in [1.807, 2.05) is 6.20 Å². The fourth-order valence-corrected chi connectivity index (χ4v) is 3.62. The number of aryl methyl sites for hydroxylation is 1. The second-order valence-corrected chi connectivity index (χ2v) is 7.05. The van der Waals surface area contributed by atoms with Crippen molar-refractivity contribution in [2.45, 2.75) is 65.8 Å². The van der Waals surface area contributed by atoms with Crippen LogP contribution in [0.3, 0.4) is 0 Å². The highest BCUT2D eigenvalue weighted by Gasteiger charge is 2.36. The third-order valence-electron chi connectivity index (χ3n) is 4.80. The lowest BCUT2D eigenvalue weighted by atomic mass is 9.66. The maximum Gasteiger partial charge on any atom is 0.0492 e. The van der Waals surface area contributed by atoms with E-state index in [1.54, 1.807) is 0 Å². The molecule has 2 rings (SSSR count). The van der Waals surface area contributed by atoms with Crippen molar-refractivity contribution in [3.05, 3.63) is 18.0 Å². The van der Waals surface area contributed by atoms with Gasteiger partial charge in [0, 0.05) is 24.4 Å². The molecule has 1 aliphatic carbocycles. The van der Waals surface area contributed by atoms with Gasteiger partial charge in [-0.1, -0.05) is 20.8 Å². The Balaban J connectivity index is 2.13. The lowest BCUT2D eigenvalue weighted by molar-refractivity contribution is 0.154. The van der Waals surface area contributed by atoms with Gasteiger partial charge in [0.2, 0.25) is 0 Å². The van der Waals surface area contributed by atoms with E-state index in [0.717, 1.165) is 25.6 Å². The first-order valence-corrected chi connectivity index (χ1v) is 8.30. The van der Waals surface area contributed by atoms with Crippen LogP contribution in [0.4, 0.5) is 0 Å². The second-order valence-electron chi connectivity index (χ2n) is 7.05. The standard InChI is InChI=1S/C17H31N3/c1-5-10-18-13-14-7-9-17(3,4)12-15(14)16-8-11-19-20(16)6-2/h8,11,14-15,18H,5-7,9-10,12-13H2,1-4H3. The topological polar surface area (TPSA) is 29.9 Å². The Morgan fingerprint density at radius 2 is 2.20 bits per heavy atom. The summed E-state index contributed by atoms with van der Waals surface area (Å²) in [5.41, 5.74) is 1.91. The molecule has 0 aromatic carbocycles. The van der Waals surface area contributed by atoms with Crippen LogP contribution < -0.4 is 5.32 Å². The van der Waals surface area contributed by atoms with Gasteiger partial charge in [-0.2, -0.15) is 5.10 Å². The zero-order valence-electron chi connectivity index (χ0n) is 13.7. The van der Waals surface area contributed by atoms with E-state index in [4.69, 9.17) is 0 Å². The second kappa shape index (κ2) is 6.75. The van der Waals surface area contributed by atoms with Crippen molar-refractivity contribution >= 4 is 0 Å². The smallest absolute Gasteiger partial charge is 0.0492 e. The Hall–Kier alpha value is -0.830. The summed E-state index contributed by atoms with van der Waals surface area (Å²) in [4.78, 5) is 0. The molecule has 0 saturated heterocycles. The average Bonchev–Trinajstić information content (AvgIpc) is 2.88. The normalized spacial score (nSPS) is 25.8. The summed E-state index contributed by atoms with van der Waals surface area (Å²) in [6.07, 6.45) is 7.16. The fraction of sp³-hybridized carbons (Fsp3) is 0.824. The van der Waals surface area contributed by atoms with Crippen LogP contribution in [0.2, 0.25) is 0 Å². The van der Waals surface area contributed by atoms with Gasteiger partial charge in [0.05, 0.1) is 0 Å². The minimum Gasteiger partial charge on any atom is -0.316 e. The van der Waals surface area contributed by atoms with Crippen molar-refractivity contribution in [1.82, 2.24) is 15.1 Å².